The second-order valence-corrected chi connectivity index (χ2v) is 5.20. The molecule has 0 unspecified atom stereocenters. The molecule has 0 saturated carbocycles. The van der Waals surface area contributed by atoms with Crippen LogP contribution in [0, 0.1) is 0 Å². The fourth-order valence-corrected chi connectivity index (χ4v) is 1.97. The van der Waals surface area contributed by atoms with Gasteiger partial charge in [0.05, 0.1) is 6.54 Å². The first kappa shape index (κ1) is 14.5. The highest BCUT2D eigenvalue weighted by Crippen LogP contribution is 2.18. The summed E-state index contributed by atoms with van der Waals surface area (Å²) < 4.78 is 8.12. The molecule has 0 spiro atoms. The number of amides is 1. The van der Waals surface area contributed by atoms with Gasteiger partial charge in [0, 0.05) is 4.47 Å². The highest BCUT2D eigenvalue weighted by Gasteiger charge is 2.08. The summed E-state index contributed by atoms with van der Waals surface area (Å²) in [7, 11) is 0. The molecule has 6 nitrogen and oxygen atoms in total. The minimum Gasteiger partial charge on any atom is -0.489 e. The van der Waals surface area contributed by atoms with Crippen LogP contribution in [0.15, 0.2) is 41.4 Å². The normalized spacial score (nSPS) is 11.9. The molecule has 7 heteroatoms. The molecule has 0 bridgehead atoms. The quantitative estimate of drug-likeness (QED) is 0.868. The topological polar surface area (TPSA) is 69.0 Å². The summed E-state index contributed by atoms with van der Waals surface area (Å²) in [6, 6.07) is 7.58. The zero-order valence-corrected chi connectivity index (χ0v) is 12.6. The van der Waals surface area contributed by atoms with Gasteiger partial charge in [0.15, 0.2) is 0 Å². The molecule has 1 atom stereocenters. The molecule has 2 rings (SSSR count). The summed E-state index contributed by atoms with van der Waals surface area (Å²) in [5.41, 5.74) is 0. The van der Waals surface area contributed by atoms with E-state index in [0.717, 1.165) is 10.2 Å². The lowest BCUT2D eigenvalue weighted by atomic mass is 10.3. The van der Waals surface area contributed by atoms with Crippen LogP contribution in [0.5, 0.6) is 5.75 Å². The molecule has 1 heterocycles. The minimum absolute atomic E-state index is 0.121. The van der Waals surface area contributed by atoms with Crippen LogP contribution in [0.25, 0.3) is 0 Å². The Bertz CT molecular complexity index is 559. The van der Waals surface area contributed by atoms with Crippen molar-refractivity contribution in [2.45, 2.75) is 19.6 Å². The van der Waals surface area contributed by atoms with E-state index in [1.807, 2.05) is 31.2 Å². The Kier molecular flexibility index (Phi) is 5.11. The third-order valence-corrected chi connectivity index (χ3v) is 2.99. The van der Waals surface area contributed by atoms with Gasteiger partial charge in [0.2, 0.25) is 5.91 Å². The summed E-state index contributed by atoms with van der Waals surface area (Å²) in [6.07, 6.45) is 2.77. The van der Waals surface area contributed by atoms with E-state index in [9.17, 15) is 4.79 Å². The van der Waals surface area contributed by atoms with E-state index in [0.29, 0.717) is 6.54 Å². The van der Waals surface area contributed by atoms with Crippen LogP contribution >= 0.6 is 15.9 Å². The number of halogens is 1. The summed E-state index contributed by atoms with van der Waals surface area (Å²) >= 11 is 3.38. The van der Waals surface area contributed by atoms with E-state index in [4.69, 9.17) is 4.74 Å². The largest absolute Gasteiger partial charge is 0.489 e. The van der Waals surface area contributed by atoms with E-state index in [2.05, 4.69) is 31.3 Å². The maximum Gasteiger partial charge on any atom is 0.241 e. The lowest BCUT2D eigenvalue weighted by Gasteiger charge is -2.15. The van der Waals surface area contributed by atoms with E-state index in [1.165, 1.54) is 17.3 Å². The van der Waals surface area contributed by atoms with Crippen molar-refractivity contribution in [3.8, 4) is 5.75 Å². The number of benzene rings is 1. The third-order valence-electron chi connectivity index (χ3n) is 2.49. The SMILES string of the molecule is C[C@H](CNC(=O)Cn1cncn1)Oc1cccc(Br)c1. The van der Waals surface area contributed by atoms with Crippen LogP contribution in [0.3, 0.4) is 0 Å². The van der Waals surface area contributed by atoms with Crippen LogP contribution < -0.4 is 10.1 Å². The maximum atomic E-state index is 11.7. The number of rotatable bonds is 6. The van der Waals surface area contributed by atoms with Crippen molar-refractivity contribution in [2.24, 2.45) is 0 Å². The van der Waals surface area contributed by atoms with E-state index in [1.54, 1.807) is 0 Å². The first-order valence-electron chi connectivity index (χ1n) is 6.15. The standard InChI is InChI=1S/C13H15BrN4O2/c1-10(20-12-4-2-3-11(14)5-12)6-16-13(19)7-18-9-15-8-17-18/h2-5,8-10H,6-7H2,1H3,(H,16,19)/t10-/m1/s1. The summed E-state index contributed by atoms with van der Waals surface area (Å²) in [4.78, 5) is 15.4. The Morgan fingerprint density at radius 2 is 2.40 bits per heavy atom. The number of hydrogen-bond donors (Lipinski definition) is 1. The molecule has 1 amide bonds. The lowest BCUT2D eigenvalue weighted by molar-refractivity contribution is -0.122. The van der Waals surface area contributed by atoms with Crippen LogP contribution in [-0.4, -0.2) is 33.3 Å². The third kappa shape index (κ3) is 4.65. The van der Waals surface area contributed by atoms with Crippen LogP contribution in [0.1, 0.15) is 6.92 Å². The monoisotopic (exact) mass is 338 g/mol. The van der Waals surface area contributed by atoms with Crippen molar-refractivity contribution in [2.75, 3.05) is 6.54 Å². The van der Waals surface area contributed by atoms with Crippen molar-refractivity contribution in [3.63, 3.8) is 0 Å². The zero-order chi connectivity index (χ0) is 14.4. The smallest absolute Gasteiger partial charge is 0.241 e. The Balaban J connectivity index is 1.74. The lowest BCUT2D eigenvalue weighted by Crippen LogP contribution is -2.35. The molecule has 0 fully saturated rings. The van der Waals surface area contributed by atoms with Gasteiger partial charge in [-0.1, -0.05) is 22.0 Å². The van der Waals surface area contributed by atoms with E-state index >= 15 is 0 Å². The first-order chi connectivity index (χ1) is 9.63. The van der Waals surface area contributed by atoms with Crippen LogP contribution in [0.4, 0.5) is 0 Å². The fourth-order valence-electron chi connectivity index (χ4n) is 1.59. The van der Waals surface area contributed by atoms with Crippen LogP contribution in [-0.2, 0) is 11.3 Å². The van der Waals surface area contributed by atoms with Gasteiger partial charge in [-0.25, -0.2) is 9.67 Å². The summed E-state index contributed by atoms with van der Waals surface area (Å²) in [5.74, 6) is 0.637. The number of hydrogen-bond acceptors (Lipinski definition) is 4. The minimum atomic E-state index is -0.125. The predicted octanol–water partition coefficient (Wildman–Crippen LogP) is 1.62. The van der Waals surface area contributed by atoms with Gasteiger partial charge in [-0.15, -0.1) is 0 Å². The van der Waals surface area contributed by atoms with Crippen molar-refractivity contribution in [3.05, 3.63) is 41.4 Å². The molecule has 0 aliphatic rings. The van der Waals surface area contributed by atoms with Gasteiger partial charge >= 0.3 is 0 Å². The molecule has 1 aromatic heterocycles. The first-order valence-corrected chi connectivity index (χ1v) is 6.94. The molecule has 2 aromatic rings. The summed E-state index contributed by atoms with van der Waals surface area (Å²) in [6.45, 7) is 2.49. The van der Waals surface area contributed by atoms with Gasteiger partial charge in [0.25, 0.3) is 0 Å². The van der Waals surface area contributed by atoms with Gasteiger partial charge in [-0.05, 0) is 25.1 Å². The number of aromatic nitrogens is 3. The molecular formula is C13H15BrN4O2. The van der Waals surface area contributed by atoms with Gasteiger partial charge in [0.1, 0.15) is 31.1 Å². The molecule has 1 aromatic carbocycles. The number of carbonyl (C=O) groups is 1. The van der Waals surface area contributed by atoms with Crippen LogP contribution in [0.2, 0.25) is 0 Å². The van der Waals surface area contributed by atoms with Gasteiger partial charge < -0.3 is 10.1 Å². The van der Waals surface area contributed by atoms with Crippen molar-refractivity contribution in [1.29, 1.82) is 0 Å². The fraction of sp³-hybridized carbons (Fsp3) is 0.308. The molecule has 1 N–H and O–H groups in total. The van der Waals surface area contributed by atoms with Gasteiger partial charge in [-0.3, -0.25) is 4.79 Å². The molecular weight excluding hydrogens is 324 g/mol. The zero-order valence-electron chi connectivity index (χ0n) is 11.0. The Morgan fingerprint density at radius 3 is 3.10 bits per heavy atom. The average Bonchev–Trinajstić information content (AvgIpc) is 2.89. The van der Waals surface area contributed by atoms with E-state index in [-0.39, 0.29) is 18.6 Å². The average molecular weight is 339 g/mol. The molecule has 0 aliphatic carbocycles. The number of carbonyl (C=O) groups excluding carboxylic acids is 1. The molecule has 106 valence electrons. The second kappa shape index (κ2) is 7.04. The maximum absolute atomic E-state index is 11.7. The summed E-state index contributed by atoms with van der Waals surface area (Å²) in [5, 5.41) is 6.66. The number of nitrogens with one attached hydrogen (secondary N) is 1. The van der Waals surface area contributed by atoms with Gasteiger partial charge in [-0.2, -0.15) is 5.10 Å². The highest BCUT2D eigenvalue weighted by atomic mass is 79.9. The number of ether oxygens (including phenoxy) is 1. The van der Waals surface area contributed by atoms with Crippen molar-refractivity contribution >= 4 is 21.8 Å². The number of nitrogens with zero attached hydrogens (tertiary/aromatic N) is 3. The highest BCUT2D eigenvalue weighted by molar-refractivity contribution is 9.10. The molecule has 0 saturated heterocycles. The Morgan fingerprint density at radius 1 is 1.55 bits per heavy atom. The van der Waals surface area contributed by atoms with Crippen molar-refractivity contribution in [1.82, 2.24) is 20.1 Å². The Hall–Kier alpha value is -1.89. The molecule has 0 aliphatic heterocycles. The molecule has 20 heavy (non-hydrogen) atoms. The predicted molar refractivity (Wildman–Crippen MR) is 77.3 cm³/mol. The molecule has 0 radical (unpaired) electrons. The Labute approximate surface area is 125 Å². The van der Waals surface area contributed by atoms with Crippen molar-refractivity contribution < 1.29 is 9.53 Å². The second-order valence-electron chi connectivity index (χ2n) is 4.28. The van der Waals surface area contributed by atoms with E-state index < -0.39 is 0 Å².